The lowest BCUT2D eigenvalue weighted by Crippen LogP contribution is -2.52. The molecule has 0 saturated carbocycles. The number of fused-ring (bicyclic) bond motifs is 2. The first-order chi connectivity index (χ1) is 33.2. The summed E-state index contributed by atoms with van der Waals surface area (Å²) >= 11 is 0. The summed E-state index contributed by atoms with van der Waals surface area (Å²) < 4.78 is 47.4. The zero-order valence-corrected chi connectivity index (χ0v) is 38.1. The third-order valence-electron chi connectivity index (χ3n) is 14.5. The summed E-state index contributed by atoms with van der Waals surface area (Å²) in [5.74, 6) is 0.103. The van der Waals surface area contributed by atoms with Crippen LogP contribution in [-0.2, 0) is 47.1 Å². The second kappa shape index (κ2) is 18.5. The largest absolute Gasteiger partial charge is 0.418 e. The quantitative estimate of drug-likeness (QED) is 0.152. The molecule has 3 fully saturated rings. The first kappa shape index (κ1) is 45.8. The molecule has 2 N–H and O–H groups in total. The molecule has 4 aliphatic rings. The molecule has 4 amide bonds. The summed E-state index contributed by atoms with van der Waals surface area (Å²) in [6.45, 7) is 3.17. The van der Waals surface area contributed by atoms with Crippen molar-refractivity contribution in [3.8, 4) is 16.8 Å². The van der Waals surface area contributed by atoms with Crippen molar-refractivity contribution in [1.29, 1.82) is 0 Å². The number of imidazole rings is 1. The van der Waals surface area contributed by atoms with Gasteiger partial charge in [0.1, 0.15) is 18.5 Å². The van der Waals surface area contributed by atoms with Gasteiger partial charge in [-0.05, 0) is 127 Å². The van der Waals surface area contributed by atoms with Crippen LogP contribution < -0.4 is 11.0 Å². The Labute approximate surface area is 395 Å². The van der Waals surface area contributed by atoms with E-state index >= 15 is 0 Å². The number of hydrogen-bond donors (Lipinski definition) is 2. The number of aromatic nitrogens is 5. The third-order valence-corrected chi connectivity index (χ3v) is 14.5. The normalized spacial score (nSPS) is 19.1. The standard InChI is InChI=1S/C51H52F3N9O6/c1-58-30-55-57-47(58)46(66)37-3-2-4-39(25-37)61-29-43-41(51(52,53)54)22-34(27-63(43)50(61)69)26-59-17-13-33(14-18-59)23-45(65)60-19-15-32(16-20-60)21-31-5-7-35(8-6-31)36-9-10-40-38(24-36)28-62(49(40)68)42-11-12-44(64)56-48(42)67/h2-10,22,24-25,27,29-30,32-33,42,46,66H,11-21,23,26,28H2,1H3,(H,56,64,67)/t42?,46-/m1/s1. The number of piperidine rings is 3. The van der Waals surface area contributed by atoms with Gasteiger partial charge in [-0.15, -0.1) is 10.2 Å². The Bertz CT molecular complexity index is 3020. The van der Waals surface area contributed by atoms with E-state index in [1.807, 2.05) is 23.1 Å². The van der Waals surface area contributed by atoms with E-state index in [2.05, 4.69) is 44.7 Å². The molecule has 7 heterocycles. The van der Waals surface area contributed by atoms with Crippen molar-refractivity contribution < 1.29 is 37.5 Å². The van der Waals surface area contributed by atoms with Crippen LogP contribution in [0.4, 0.5) is 13.2 Å². The van der Waals surface area contributed by atoms with Gasteiger partial charge in [0.2, 0.25) is 17.7 Å². The Balaban J connectivity index is 0.704. The minimum absolute atomic E-state index is 0.144. The zero-order chi connectivity index (χ0) is 48.1. The maximum atomic E-state index is 14.6. The highest BCUT2D eigenvalue weighted by molar-refractivity contribution is 6.05. The molecule has 4 aliphatic heterocycles. The first-order valence-corrected chi connectivity index (χ1v) is 23.5. The van der Waals surface area contributed by atoms with Gasteiger partial charge in [0, 0.05) is 64.0 Å². The van der Waals surface area contributed by atoms with E-state index in [0.29, 0.717) is 73.9 Å². The summed E-state index contributed by atoms with van der Waals surface area (Å²) in [5, 5.41) is 21.0. The predicted octanol–water partition coefficient (Wildman–Crippen LogP) is 5.83. The van der Waals surface area contributed by atoms with Crippen molar-refractivity contribution in [1.82, 2.24) is 43.7 Å². The minimum Gasteiger partial charge on any atom is -0.380 e. The fourth-order valence-electron chi connectivity index (χ4n) is 10.6. The summed E-state index contributed by atoms with van der Waals surface area (Å²) in [5.41, 5.74) is 3.85. The molecule has 0 bridgehead atoms. The Kier molecular flexibility index (Phi) is 12.3. The van der Waals surface area contributed by atoms with Crippen molar-refractivity contribution in [3.05, 3.63) is 141 Å². The van der Waals surface area contributed by atoms with Gasteiger partial charge in [-0.3, -0.25) is 38.4 Å². The Morgan fingerprint density at radius 2 is 1.59 bits per heavy atom. The van der Waals surface area contributed by atoms with Crippen LogP contribution in [0.3, 0.4) is 0 Å². The first-order valence-electron chi connectivity index (χ1n) is 23.5. The maximum Gasteiger partial charge on any atom is 0.418 e. The number of aryl methyl sites for hydroxylation is 1. The SMILES string of the molecule is Cn1cnnc1[C@H](O)c1cccc(-n2cc3c(C(F)(F)F)cc(CN4CCC(CC(=O)N5CCC(Cc6ccc(-c7ccc8c(c7)CN(C7CCC(=O)NC7=O)C8=O)cc6)CC5)CC4)cn3c2=O)c1. The molecule has 18 heteroatoms. The van der Waals surface area contributed by atoms with Crippen LogP contribution in [0.5, 0.6) is 0 Å². The van der Waals surface area contributed by atoms with Gasteiger partial charge in [-0.1, -0.05) is 42.5 Å². The van der Waals surface area contributed by atoms with Crippen LogP contribution >= 0.6 is 0 Å². The minimum atomic E-state index is -4.72. The number of likely N-dealkylation sites (tertiary alicyclic amines) is 2. The second-order valence-electron chi connectivity index (χ2n) is 19.0. The average Bonchev–Trinajstić information content (AvgIpc) is 4.03. The number of hydrogen-bond acceptors (Lipinski definition) is 9. The summed E-state index contributed by atoms with van der Waals surface area (Å²) in [4.78, 5) is 70.1. The number of benzene rings is 3. The fraction of sp³-hybridized carbons (Fsp3) is 0.392. The molecule has 0 aliphatic carbocycles. The van der Waals surface area contributed by atoms with Crippen LogP contribution in [-0.4, -0.2) is 99.4 Å². The van der Waals surface area contributed by atoms with Crippen LogP contribution in [0.25, 0.3) is 22.3 Å². The number of aliphatic hydroxyl groups excluding tert-OH is 1. The summed E-state index contributed by atoms with van der Waals surface area (Å²) in [7, 11) is 1.68. The van der Waals surface area contributed by atoms with E-state index in [1.54, 1.807) is 40.8 Å². The molecular weight excluding hydrogens is 892 g/mol. The second-order valence-corrected chi connectivity index (χ2v) is 19.0. The van der Waals surface area contributed by atoms with E-state index in [9.17, 15) is 42.3 Å². The zero-order valence-electron chi connectivity index (χ0n) is 38.1. The van der Waals surface area contributed by atoms with E-state index in [-0.39, 0.29) is 47.9 Å². The summed E-state index contributed by atoms with van der Waals surface area (Å²) in [6.07, 6.45) is 3.37. The molecule has 0 radical (unpaired) electrons. The van der Waals surface area contributed by atoms with E-state index in [0.717, 1.165) is 63.8 Å². The number of imide groups is 1. The van der Waals surface area contributed by atoms with E-state index < -0.39 is 35.5 Å². The number of nitrogens with one attached hydrogen (secondary N) is 1. The maximum absolute atomic E-state index is 14.6. The van der Waals surface area contributed by atoms with Crippen molar-refractivity contribution in [3.63, 3.8) is 0 Å². The van der Waals surface area contributed by atoms with E-state index in [4.69, 9.17) is 0 Å². The average molecular weight is 944 g/mol. The summed E-state index contributed by atoms with van der Waals surface area (Å²) in [6, 6.07) is 21.1. The number of rotatable bonds is 11. The Morgan fingerprint density at radius 3 is 2.30 bits per heavy atom. The van der Waals surface area contributed by atoms with Crippen molar-refractivity contribution in [2.75, 3.05) is 26.2 Å². The van der Waals surface area contributed by atoms with Gasteiger partial charge in [-0.2, -0.15) is 13.2 Å². The van der Waals surface area contributed by atoms with Gasteiger partial charge in [-0.25, -0.2) is 4.79 Å². The molecule has 3 aromatic heterocycles. The number of aliphatic hydroxyl groups is 1. The lowest BCUT2D eigenvalue weighted by atomic mass is 9.88. The molecule has 2 atom stereocenters. The smallest absolute Gasteiger partial charge is 0.380 e. The van der Waals surface area contributed by atoms with Gasteiger partial charge in [0.05, 0.1) is 16.8 Å². The number of carbonyl (C=O) groups excluding carboxylic acids is 4. The van der Waals surface area contributed by atoms with Gasteiger partial charge in [0.15, 0.2) is 5.82 Å². The van der Waals surface area contributed by atoms with Gasteiger partial charge < -0.3 is 19.5 Å². The predicted molar refractivity (Wildman–Crippen MR) is 247 cm³/mol. The monoisotopic (exact) mass is 943 g/mol. The van der Waals surface area contributed by atoms with Gasteiger partial charge >= 0.3 is 11.9 Å². The highest BCUT2D eigenvalue weighted by Gasteiger charge is 2.39. The lowest BCUT2D eigenvalue weighted by molar-refractivity contribution is -0.137. The van der Waals surface area contributed by atoms with E-state index in [1.165, 1.54) is 24.3 Å². The Morgan fingerprint density at radius 1 is 0.855 bits per heavy atom. The molecule has 358 valence electrons. The number of pyridine rings is 1. The third kappa shape index (κ3) is 9.34. The van der Waals surface area contributed by atoms with Crippen LogP contribution in [0, 0.1) is 11.8 Å². The number of halogens is 3. The molecule has 3 aromatic carbocycles. The van der Waals surface area contributed by atoms with Crippen molar-refractivity contribution >= 4 is 29.1 Å². The number of carbonyl (C=O) groups is 4. The molecule has 6 aromatic rings. The number of alkyl halides is 3. The lowest BCUT2D eigenvalue weighted by Gasteiger charge is -2.35. The molecule has 3 saturated heterocycles. The number of amides is 4. The molecular formula is C51H52F3N9O6. The Hall–Kier alpha value is -6.92. The van der Waals surface area contributed by atoms with Crippen molar-refractivity contribution in [2.45, 2.75) is 82.8 Å². The molecule has 10 rings (SSSR count). The van der Waals surface area contributed by atoms with Crippen molar-refractivity contribution in [2.24, 2.45) is 18.9 Å². The molecule has 15 nitrogen and oxygen atoms in total. The highest BCUT2D eigenvalue weighted by atomic mass is 19.4. The fourth-order valence-corrected chi connectivity index (χ4v) is 10.6. The van der Waals surface area contributed by atoms with Crippen LogP contribution in [0.2, 0.25) is 0 Å². The molecule has 0 spiro atoms. The van der Waals surface area contributed by atoms with Crippen LogP contribution in [0.15, 0.2) is 96.3 Å². The molecule has 1 unspecified atom stereocenters. The highest BCUT2D eigenvalue weighted by Crippen LogP contribution is 2.36. The number of nitrogens with zero attached hydrogens (tertiary/aromatic N) is 8. The van der Waals surface area contributed by atoms with Crippen LogP contribution in [0.1, 0.15) is 95.0 Å². The van der Waals surface area contributed by atoms with Gasteiger partial charge in [0.25, 0.3) is 5.91 Å². The molecule has 69 heavy (non-hydrogen) atoms. The topological polar surface area (TPSA) is 167 Å².